The first-order chi connectivity index (χ1) is 14.1. The molecule has 7 heteroatoms. The average molecular weight is 408 g/mol. The minimum Gasteiger partial charge on any atom is -0.496 e. The Labute approximate surface area is 172 Å². The van der Waals surface area contributed by atoms with Crippen molar-refractivity contribution >= 4 is 29.0 Å². The number of nitro benzene ring substituents is 1. The molecule has 0 aliphatic carbocycles. The van der Waals surface area contributed by atoms with Gasteiger partial charge in [-0.2, -0.15) is 0 Å². The molecule has 0 saturated carbocycles. The lowest BCUT2D eigenvalue weighted by molar-refractivity contribution is -0.385. The molecule has 1 amide bonds. The first kappa shape index (κ1) is 20.3. The van der Waals surface area contributed by atoms with E-state index in [1.165, 1.54) is 18.2 Å². The lowest BCUT2D eigenvalue weighted by Gasteiger charge is -2.22. The van der Waals surface area contributed by atoms with E-state index in [9.17, 15) is 14.9 Å². The highest BCUT2D eigenvalue weighted by atomic mass is 32.1. The van der Waals surface area contributed by atoms with Crippen LogP contribution >= 0.6 is 11.3 Å². The molecule has 3 aromatic rings. The highest BCUT2D eigenvalue weighted by molar-refractivity contribution is 7.09. The van der Waals surface area contributed by atoms with Crippen molar-refractivity contribution in [3.05, 3.63) is 98.2 Å². The van der Waals surface area contributed by atoms with E-state index >= 15 is 0 Å². The fourth-order valence-corrected chi connectivity index (χ4v) is 3.62. The van der Waals surface area contributed by atoms with Crippen LogP contribution in [0.5, 0.6) is 5.75 Å². The average Bonchev–Trinajstić information content (AvgIpc) is 3.25. The molecule has 1 aromatic heterocycles. The van der Waals surface area contributed by atoms with Gasteiger partial charge in [0, 0.05) is 29.1 Å². The summed E-state index contributed by atoms with van der Waals surface area (Å²) >= 11 is 1.57. The van der Waals surface area contributed by atoms with Crippen molar-refractivity contribution < 1.29 is 14.5 Å². The number of para-hydroxylation sites is 2. The van der Waals surface area contributed by atoms with Crippen LogP contribution in [0.15, 0.2) is 72.1 Å². The Morgan fingerprint density at radius 2 is 1.86 bits per heavy atom. The summed E-state index contributed by atoms with van der Waals surface area (Å²) in [5.41, 5.74) is 1.24. The number of carbonyl (C=O) groups is 1. The Hall–Kier alpha value is -3.45. The van der Waals surface area contributed by atoms with Crippen LogP contribution in [0.4, 0.5) is 5.69 Å². The van der Waals surface area contributed by atoms with Crippen molar-refractivity contribution in [2.75, 3.05) is 7.11 Å². The monoisotopic (exact) mass is 408 g/mol. The van der Waals surface area contributed by atoms with E-state index in [0.29, 0.717) is 24.4 Å². The summed E-state index contributed by atoms with van der Waals surface area (Å²) in [6.07, 6.45) is 2.87. The Kier molecular flexibility index (Phi) is 6.76. The van der Waals surface area contributed by atoms with E-state index in [0.717, 1.165) is 10.4 Å². The standard InChI is InChI=1S/C22H20N2O4S/c1-28-21-11-5-3-8-18(21)15-23(16-19-9-6-14-29-19)22(25)13-12-17-7-2-4-10-20(17)24(26)27/h2-14H,15-16H2,1H3/b13-12+. The number of thiophene rings is 1. The molecule has 0 unspecified atom stereocenters. The van der Waals surface area contributed by atoms with Crippen LogP contribution in [-0.4, -0.2) is 22.8 Å². The summed E-state index contributed by atoms with van der Waals surface area (Å²) in [7, 11) is 1.60. The molecular formula is C22H20N2O4S. The first-order valence-electron chi connectivity index (χ1n) is 8.93. The number of nitro groups is 1. The Bertz CT molecular complexity index is 1020. The fraction of sp³-hybridized carbons (Fsp3) is 0.136. The smallest absolute Gasteiger partial charge is 0.276 e. The molecule has 3 rings (SSSR count). The highest BCUT2D eigenvalue weighted by Gasteiger charge is 2.16. The maximum atomic E-state index is 13.0. The van der Waals surface area contributed by atoms with Crippen LogP contribution in [0.25, 0.3) is 6.08 Å². The summed E-state index contributed by atoms with van der Waals surface area (Å²) < 4.78 is 5.40. The molecule has 0 aliphatic rings. The molecule has 2 aromatic carbocycles. The molecule has 0 bridgehead atoms. The Morgan fingerprint density at radius 1 is 1.10 bits per heavy atom. The van der Waals surface area contributed by atoms with Crippen molar-refractivity contribution in [3.8, 4) is 5.75 Å². The zero-order valence-corrected chi connectivity index (χ0v) is 16.7. The van der Waals surface area contributed by atoms with Crippen LogP contribution in [0, 0.1) is 10.1 Å². The van der Waals surface area contributed by atoms with Gasteiger partial charge in [-0.25, -0.2) is 0 Å². The van der Waals surface area contributed by atoms with Gasteiger partial charge in [-0.05, 0) is 29.7 Å². The quantitative estimate of drug-likeness (QED) is 0.302. The summed E-state index contributed by atoms with van der Waals surface area (Å²) in [6.45, 7) is 0.803. The lowest BCUT2D eigenvalue weighted by atomic mass is 10.1. The van der Waals surface area contributed by atoms with Gasteiger partial charge in [0.15, 0.2) is 0 Å². The molecule has 0 saturated heterocycles. The van der Waals surface area contributed by atoms with E-state index in [2.05, 4.69) is 0 Å². The van der Waals surface area contributed by atoms with Crippen LogP contribution in [0.2, 0.25) is 0 Å². The SMILES string of the molecule is COc1ccccc1CN(Cc1cccs1)C(=O)/C=C/c1ccccc1[N+](=O)[O-]. The van der Waals surface area contributed by atoms with Crippen molar-refractivity contribution in [3.63, 3.8) is 0 Å². The number of nitrogens with zero attached hydrogens (tertiary/aromatic N) is 2. The van der Waals surface area contributed by atoms with Crippen LogP contribution in [0.1, 0.15) is 16.0 Å². The molecule has 1 heterocycles. The zero-order chi connectivity index (χ0) is 20.6. The van der Waals surface area contributed by atoms with E-state index in [4.69, 9.17) is 4.74 Å². The number of hydrogen-bond donors (Lipinski definition) is 0. The number of ether oxygens (including phenoxy) is 1. The minimum absolute atomic E-state index is 0.0360. The van der Waals surface area contributed by atoms with Gasteiger partial charge in [0.05, 0.1) is 24.1 Å². The Morgan fingerprint density at radius 3 is 2.59 bits per heavy atom. The molecule has 0 atom stereocenters. The molecule has 0 aliphatic heterocycles. The first-order valence-corrected chi connectivity index (χ1v) is 9.81. The van der Waals surface area contributed by atoms with Gasteiger partial charge in [-0.15, -0.1) is 11.3 Å². The third-order valence-corrected chi connectivity index (χ3v) is 5.19. The molecule has 148 valence electrons. The molecule has 0 spiro atoms. The number of amides is 1. The van der Waals surface area contributed by atoms with Crippen LogP contribution in [-0.2, 0) is 17.9 Å². The van der Waals surface area contributed by atoms with E-state index in [1.54, 1.807) is 41.5 Å². The topological polar surface area (TPSA) is 72.7 Å². The molecular weight excluding hydrogens is 388 g/mol. The van der Waals surface area contributed by atoms with Crippen molar-refractivity contribution in [1.82, 2.24) is 4.90 Å². The predicted molar refractivity (Wildman–Crippen MR) is 114 cm³/mol. The van der Waals surface area contributed by atoms with Gasteiger partial charge in [0.1, 0.15) is 5.75 Å². The van der Waals surface area contributed by atoms with Gasteiger partial charge in [-0.1, -0.05) is 36.4 Å². The maximum Gasteiger partial charge on any atom is 0.276 e. The summed E-state index contributed by atoms with van der Waals surface area (Å²) in [4.78, 5) is 26.4. The number of benzene rings is 2. The van der Waals surface area contributed by atoms with Crippen molar-refractivity contribution in [2.24, 2.45) is 0 Å². The highest BCUT2D eigenvalue weighted by Crippen LogP contribution is 2.23. The number of methoxy groups -OCH3 is 1. The third-order valence-electron chi connectivity index (χ3n) is 4.33. The van der Waals surface area contributed by atoms with Gasteiger partial charge < -0.3 is 9.64 Å². The fourth-order valence-electron chi connectivity index (χ4n) is 2.90. The third kappa shape index (κ3) is 5.30. The van der Waals surface area contributed by atoms with Crippen LogP contribution in [0.3, 0.4) is 0 Å². The number of rotatable bonds is 8. The number of hydrogen-bond acceptors (Lipinski definition) is 5. The van der Waals surface area contributed by atoms with Crippen molar-refractivity contribution in [2.45, 2.75) is 13.1 Å². The largest absolute Gasteiger partial charge is 0.496 e. The summed E-state index contributed by atoms with van der Waals surface area (Å²) in [6, 6.07) is 17.8. The molecule has 0 N–H and O–H groups in total. The maximum absolute atomic E-state index is 13.0. The molecule has 29 heavy (non-hydrogen) atoms. The van der Waals surface area contributed by atoms with Gasteiger partial charge in [0.2, 0.25) is 5.91 Å². The second-order valence-corrected chi connectivity index (χ2v) is 7.27. The lowest BCUT2D eigenvalue weighted by Crippen LogP contribution is -2.28. The normalized spacial score (nSPS) is 10.8. The van der Waals surface area contributed by atoms with Gasteiger partial charge >= 0.3 is 0 Å². The second-order valence-electron chi connectivity index (χ2n) is 6.23. The summed E-state index contributed by atoms with van der Waals surface area (Å²) in [5, 5.41) is 13.1. The number of carbonyl (C=O) groups excluding carboxylic acids is 1. The van der Waals surface area contributed by atoms with Gasteiger partial charge in [-0.3, -0.25) is 14.9 Å². The van der Waals surface area contributed by atoms with E-state index < -0.39 is 4.92 Å². The minimum atomic E-state index is -0.456. The zero-order valence-electron chi connectivity index (χ0n) is 15.9. The van der Waals surface area contributed by atoms with E-state index in [1.807, 2.05) is 41.8 Å². The predicted octanol–water partition coefficient (Wildman–Crippen LogP) is 4.91. The van der Waals surface area contributed by atoms with Gasteiger partial charge in [0.25, 0.3) is 5.69 Å². The van der Waals surface area contributed by atoms with Crippen LogP contribution < -0.4 is 4.74 Å². The second kappa shape index (κ2) is 9.66. The van der Waals surface area contributed by atoms with E-state index in [-0.39, 0.29) is 11.6 Å². The van der Waals surface area contributed by atoms with Crippen molar-refractivity contribution in [1.29, 1.82) is 0 Å². The molecule has 0 radical (unpaired) electrons. The molecule has 6 nitrogen and oxygen atoms in total. The summed E-state index contributed by atoms with van der Waals surface area (Å²) in [5.74, 6) is 0.474. The Balaban J connectivity index is 1.85. The molecule has 0 fully saturated rings.